The maximum atomic E-state index is 11.4. The number of nitrogens with zero attached hydrogens (tertiary/aromatic N) is 3. The number of carbonyl (C=O) groups is 1. The molecule has 3 heterocycles. The lowest BCUT2D eigenvalue weighted by Gasteiger charge is -2.46. The first-order valence-electron chi connectivity index (χ1n) is 10.2. The molecule has 8 heteroatoms. The van der Waals surface area contributed by atoms with Crippen LogP contribution in [-0.4, -0.2) is 65.1 Å². The fraction of sp³-hybridized carbons (Fsp3) is 0.619. The molecular formula is C21H28BrN3O4. The van der Waals surface area contributed by atoms with E-state index in [9.17, 15) is 9.90 Å². The SMILES string of the molecule is CCOc1ccc(Br)c(CN2CC3(CC(N4CCC(C)(C(=O)O)CC4)=NO3)C2)c1. The van der Waals surface area contributed by atoms with Crippen molar-refractivity contribution >= 4 is 27.7 Å². The van der Waals surface area contributed by atoms with Crippen molar-refractivity contribution < 1.29 is 19.5 Å². The Labute approximate surface area is 179 Å². The first-order chi connectivity index (χ1) is 13.8. The van der Waals surface area contributed by atoms with Crippen LogP contribution in [0.15, 0.2) is 27.8 Å². The second kappa shape index (κ2) is 7.80. The van der Waals surface area contributed by atoms with Crippen LogP contribution in [0.25, 0.3) is 0 Å². The van der Waals surface area contributed by atoms with E-state index in [1.165, 1.54) is 5.56 Å². The largest absolute Gasteiger partial charge is 0.494 e. The Morgan fingerprint density at radius 3 is 2.72 bits per heavy atom. The number of carboxylic acids is 1. The van der Waals surface area contributed by atoms with Gasteiger partial charge in [-0.2, -0.15) is 0 Å². The highest BCUT2D eigenvalue weighted by Gasteiger charge is 2.51. The van der Waals surface area contributed by atoms with Gasteiger partial charge in [0, 0.05) is 37.2 Å². The molecule has 3 aliphatic heterocycles. The zero-order valence-electron chi connectivity index (χ0n) is 17.0. The molecule has 0 saturated carbocycles. The third-order valence-electron chi connectivity index (χ3n) is 6.32. The van der Waals surface area contributed by atoms with Gasteiger partial charge >= 0.3 is 5.97 Å². The van der Waals surface area contributed by atoms with Gasteiger partial charge in [0.05, 0.1) is 18.4 Å². The molecule has 0 aliphatic carbocycles. The lowest BCUT2D eigenvalue weighted by molar-refractivity contribution is -0.150. The summed E-state index contributed by atoms with van der Waals surface area (Å²) < 4.78 is 6.70. The summed E-state index contributed by atoms with van der Waals surface area (Å²) in [6.07, 6.45) is 2.09. The van der Waals surface area contributed by atoms with Crippen molar-refractivity contribution in [1.29, 1.82) is 0 Å². The minimum atomic E-state index is -0.701. The number of likely N-dealkylation sites (tertiary alicyclic amines) is 2. The van der Waals surface area contributed by atoms with Gasteiger partial charge in [-0.25, -0.2) is 0 Å². The van der Waals surface area contributed by atoms with Gasteiger partial charge in [-0.3, -0.25) is 9.69 Å². The maximum absolute atomic E-state index is 11.4. The molecule has 0 atom stereocenters. The van der Waals surface area contributed by atoms with Gasteiger partial charge in [0.2, 0.25) is 0 Å². The van der Waals surface area contributed by atoms with Crippen molar-refractivity contribution in [2.45, 2.75) is 45.3 Å². The predicted octanol–water partition coefficient (Wildman–Crippen LogP) is 3.32. The zero-order valence-corrected chi connectivity index (χ0v) is 18.6. The number of halogens is 1. The molecular weight excluding hydrogens is 438 g/mol. The van der Waals surface area contributed by atoms with E-state index < -0.39 is 11.4 Å². The smallest absolute Gasteiger partial charge is 0.309 e. The van der Waals surface area contributed by atoms with Crippen molar-refractivity contribution in [2.24, 2.45) is 10.6 Å². The number of amidine groups is 1. The van der Waals surface area contributed by atoms with Gasteiger partial charge in [-0.05, 0) is 50.5 Å². The molecule has 0 aromatic heterocycles. The normalized spacial score (nSPS) is 22.7. The van der Waals surface area contributed by atoms with Crippen LogP contribution in [0.4, 0.5) is 0 Å². The second-order valence-corrected chi connectivity index (χ2v) is 9.50. The standard InChI is InChI=1S/C21H28BrN3O4/c1-3-28-16-4-5-17(22)15(10-16)12-24-13-21(14-24)11-18(23-29-21)25-8-6-20(2,7-9-25)19(26)27/h4-5,10H,3,6-9,11-14H2,1-2H3,(H,26,27). The van der Waals surface area contributed by atoms with Crippen LogP contribution in [0.2, 0.25) is 0 Å². The Hall–Kier alpha value is -1.80. The molecule has 4 rings (SSSR count). The summed E-state index contributed by atoms with van der Waals surface area (Å²) >= 11 is 3.63. The summed E-state index contributed by atoms with van der Waals surface area (Å²) in [5, 5.41) is 13.8. The molecule has 7 nitrogen and oxygen atoms in total. The van der Waals surface area contributed by atoms with E-state index in [1.54, 1.807) is 0 Å². The summed E-state index contributed by atoms with van der Waals surface area (Å²) in [5.41, 5.74) is 0.353. The molecule has 1 aromatic rings. The average molecular weight is 466 g/mol. The van der Waals surface area contributed by atoms with Crippen LogP contribution < -0.4 is 4.74 Å². The van der Waals surface area contributed by atoms with Crippen molar-refractivity contribution in [3.63, 3.8) is 0 Å². The van der Waals surface area contributed by atoms with E-state index in [4.69, 9.17) is 9.57 Å². The second-order valence-electron chi connectivity index (χ2n) is 8.64. The Morgan fingerprint density at radius 1 is 1.34 bits per heavy atom. The van der Waals surface area contributed by atoms with Crippen molar-refractivity contribution in [1.82, 2.24) is 9.80 Å². The Kier molecular flexibility index (Phi) is 5.50. The van der Waals surface area contributed by atoms with Crippen molar-refractivity contribution in [3.8, 4) is 5.75 Å². The number of piperidine rings is 1. The number of carboxylic acid groups (broad SMARTS) is 1. The maximum Gasteiger partial charge on any atom is 0.309 e. The summed E-state index contributed by atoms with van der Waals surface area (Å²) in [6, 6.07) is 6.09. The summed E-state index contributed by atoms with van der Waals surface area (Å²) in [7, 11) is 0. The highest BCUT2D eigenvalue weighted by molar-refractivity contribution is 9.10. The number of benzene rings is 1. The molecule has 0 unspecified atom stereocenters. The lowest BCUT2D eigenvalue weighted by Crippen LogP contribution is -2.61. The van der Waals surface area contributed by atoms with E-state index in [0.29, 0.717) is 19.4 Å². The molecule has 29 heavy (non-hydrogen) atoms. The van der Waals surface area contributed by atoms with Crippen LogP contribution >= 0.6 is 15.9 Å². The monoisotopic (exact) mass is 465 g/mol. The predicted molar refractivity (Wildman–Crippen MR) is 113 cm³/mol. The first-order valence-corrected chi connectivity index (χ1v) is 11.0. The topological polar surface area (TPSA) is 74.6 Å². The number of oxime groups is 1. The third kappa shape index (κ3) is 4.10. The lowest BCUT2D eigenvalue weighted by atomic mass is 9.80. The molecule has 158 valence electrons. The average Bonchev–Trinajstić information content (AvgIpc) is 3.10. The number of aliphatic carboxylic acids is 1. The zero-order chi connectivity index (χ0) is 20.6. The van der Waals surface area contributed by atoms with Gasteiger partial charge in [0.15, 0.2) is 5.60 Å². The number of ether oxygens (including phenoxy) is 1. The van der Waals surface area contributed by atoms with Gasteiger partial charge in [-0.15, -0.1) is 0 Å². The Morgan fingerprint density at radius 2 is 2.07 bits per heavy atom. The van der Waals surface area contributed by atoms with E-state index in [-0.39, 0.29) is 5.60 Å². The number of hydrogen-bond acceptors (Lipinski definition) is 6. The molecule has 1 N–H and O–H groups in total. The van der Waals surface area contributed by atoms with E-state index in [0.717, 1.165) is 55.2 Å². The minimum absolute atomic E-state index is 0.229. The van der Waals surface area contributed by atoms with Gasteiger partial charge in [-0.1, -0.05) is 21.1 Å². The van der Waals surface area contributed by atoms with Crippen LogP contribution in [0.5, 0.6) is 5.75 Å². The minimum Gasteiger partial charge on any atom is -0.494 e. The fourth-order valence-electron chi connectivity index (χ4n) is 4.36. The van der Waals surface area contributed by atoms with Crippen LogP contribution in [0, 0.1) is 5.41 Å². The quantitative estimate of drug-likeness (QED) is 0.718. The summed E-state index contributed by atoms with van der Waals surface area (Å²) in [4.78, 5) is 21.8. The van der Waals surface area contributed by atoms with E-state index in [1.807, 2.05) is 26.0 Å². The van der Waals surface area contributed by atoms with Crippen LogP contribution in [-0.2, 0) is 16.2 Å². The number of rotatable bonds is 5. The highest BCUT2D eigenvalue weighted by Crippen LogP contribution is 2.38. The van der Waals surface area contributed by atoms with E-state index >= 15 is 0 Å². The Balaban J connectivity index is 1.29. The molecule has 2 fully saturated rings. The summed E-state index contributed by atoms with van der Waals surface area (Å²) in [5.74, 6) is 1.16. The molecule has 1 aromatic carbocycles. The highest BCUT2D eigenvalue weighted by atomic mass is 79.9. The summed E-state index contributed by atoms with van der Waals surface area (Å²) in [6.45, 7) is 8.44. The van der Waals surface area contributed by atoms with Gasteiger partial charge in [0.1, 0.15) is 11.6 Å². The molecule has 2 saturated heterocycles. The van der Waals surface area contributed by atoms with Crippen molar-refractivity contribution in [3.05, 3.63) is 28.2 Å². The van der Waals surface area contributed by atoms with Crippen LogP contribution in [0.3, 0.4) is 0 Å². The first kappa shape index (κ1) is 20.5. The fourth-order valence-corrected chi connectivity index (χ4v) is 4.74. The molecule has 3 aliphatic rings. The molecule has 1 spiro atoms. The van der Waals surface area contributed by atoms with Crippen LogP contribution in [0.1, 0.15) is 38.7 Å². The molecule has 0 amide bonds. The number of hydrogen-bond donors (Lipinski definition) is 1. The molecule has 0 radical (unpaired) electrons. The third-order valence-corrected chi connectivity index (χ3v) is 7.09. The molecule has 0 bridgehead atoms. The van der Waals surface area contributed by atoms with E-state index in [2.05, 4.69) is 37.0 Å². The van der Waals surface area contributed by atoms with Gasteiger partial charge in [0.25, 0.3) is 0 Å². The van der Waals surface area contributed by atoms with Gasteiger partial charge < -0.3 is 19.6 Å². The van der Waals surface area contributed by atoms with Crippen molar-refractivity contribution in [2.75, 3.05) is 32.8 Å². The Bertz CT molecular complexity index is 814.